The van der Waals surface area contributed by atoms with Crippen molar-refractivity contribution in [1.82, 2.24) is 9.47 Å². The predicted molar refractivity (Wildman–Crippen MR) is 86.5 cm³/mol. The number of aromatic nitrogens is 1. The van der Waals surface area contributed by atoms with Crippen LogP contribution in [0.4, 0.5) is 0 Å². The number of methoxy groups -OCH3 is 2. The SMILES string of the molecule is COCCN(CCOC)Cc1c(O)c(=O)cc(C)n1C(C)C. The van der Waals surface area contributed by atoms with Crippen LogP contribution in [0.15, 0.2) is 10.9 Å². The molecule has 0 aliphatic rings. The molecule has 0 unspecified atom stereocenters. The first-order valence-electron chi connectivity index (χ1n) is 7.56. The summed E-state index contributed by atoms with van der Waals surface area (Å²) in [6, 6.07) is 1.64. The summed E-state index contributed by atoms with van der Waals surface area (Å²) >= 11 is 0. The molecule has 1 aromatic heterocycles. The number of hydrogen-bond acceptors (Lipinski definition) is 5. The van der Waals surface area contributed by atoms with Crippen molar-refractivity contribution in [3.05, 3.63) is 27.7 Å². The van der Waals surface area contributed by atoms with Gasteiger partial charge in [0.25, 0.3) is 0 Å². The van der Waals surface area contributed by atoms with Crippen LogP contribution in [-0.4, -0.2) is 55.1 Å². The molecule has 1 aromatic rings. The van der Waals surface area contributed by atoms with Gasteiger partial charge in [0.05, 0.1) is 18.9 Å². The second-order valence-corrected chi connectivity index (χ2v) is 5.67. The third-order valence-corrected chi connectivity index (χ3v) is 3.63. The van der Waals surface area contributed by atoms with Crippen LogP contribution >= 0.6 is 0 Å². The molecular formula is C16H28N2O4. The van der Waals surface area contributed by atoms with E-state index < -0.39 is 0 Å². The molecule has 0 saturated heterocycles. The molecule has 0 saturated carbocycles. The Hall–Kier alpha value is -1.37. The van der Waals surface area contributed by atoms with Crippen LogP contribution in [0, 0.1) is 6.92 Å². The van der Waals surface area contributed by atoms with Gasteiger partial charge >= 0.3 is 0 Å². The van der Waals surface area contributed by atoms with Crippen LogP contribution in [0.3, 0.4) is 0 Å². The van der Waals surface area contributed by atoms with Gasteiger partial charge in [0.15, 0.2) is 5.75 Å². The van der Waals surface area contributed by atoms with Crippen LogP contribution in [0.2, 0.25) is 0 Å². The number of pyridine rings is 1. The molecule has 6 nitrogen and oxygen atoms in total. The van der Waals surface area contributed by atoms with E-state index in [1.807, 2.05) is 25.3 Å². The summed E-state index contributed by atoms with van der Waals surface area (Å²) in [5.41, 5.74) is 1.17. The lowest BCUT2D eigenvalue weighted by atomic mass is 10.2. The zero-order valence-electron chi connectivity index (χ0n) is 14.3. The zero-order valence-corrected chi connectivity index (χ0v) is 14.3. The summed E-state index contributed by atoms with van der Waals surface area (Å²) in [6.07, 6.45) is 0. The van der Waals surface area contributed by atoms with Crippen LogP contribution in [0.25, 0.3) is 0 Å². The molecule has 0 fully saturated rings. The first kappa shape index (κ1) is 18.7. The van der Waals surface area contributed by atoms with Gasteiger partial charge in [0.1, 0.15) is 0 Å². The molecule has 0 spiro atoms. The van der Waals surface area contributed by atoms with E-state index in [9.17, 15) is 9.90 Å². The molecule has 126 valence electrons. The lowest BCUT2D eigenvalue weighted by Gasteiger charge is -2.27. The van der Waals surface area contributed by atoms with Crippen molar-refractivity contribution in [2.45, 2.75) is 33.4 Å². The first-order valence-corrected chi connectivity index (χ1v) is 7.56. The second kappa shape index (κ2) is 8.92. The highest BCUT2D eigenvalue weighted by Gasteiger charge is 2.18. The van der Waals surface area contributed by atoms with Crippen LogP contribution < -0.4 is 5.43 Å². The summed E-state index contributed by atoms with van der Waals surface area (Å²) in [5.74, 6) is -0.167. The highest BCUT2D eigenvalue weighted by molar-refractivity contribution is 5.30. The van der Waals surface area contributed by atoms with Gasteiger partial charge in [0.2, 0.25) is 5.43 Å². The third kappa shape index (κ3) is 4.83. The summed E-state index contributed by atoms with van der Waals surface area (Å²) in [6.45, 7) is 9.03. The lowest BCUT2D eigenvalue weighted by Crippen LogP contribution is -2.32. The van der Waals surface area contributed by atoms with E-state index in [0.717, 1.165) is 5.69 Å². The Labute approximate surface area is 132 Å². The Balaban J connectivity index is 3.13. The molecule has 0 aliphatic carbocycles. The van der Waals surface area contributed by atoms with E-state index in [1.54, 1.807) is 14.2 Å². The smallest absolute Gasteiger partial charge is 0.223 e. The van der Waals surface area contributed by atoms with Crippen molar-refractivity contribution in [1.29, 1.82) is 0 Å². The number of ether oxygens (including phenoxy) is 2. The molecular weight excluding hydrogens is 284 g/mol. The van der Waals surface area contributed by atoms with Gasteiger partial charge < -0.3 is 19.1 Å². The molecule has 0 atom stereocenters. The average Bonchev–Trinajstić information content (AvgIpc) is 2.46. The van der Waals surface area contributed by atoms with Gasteiger partial charge in [-0.25, -0.2) is 0 Å². The van der Waals surface area contributed by atoms with Crippen molar-refractivity contribution in [2.24, 2.45) is 0 Å². The number of nitrogens with zero attached hydrogens (tertiary/aromatic N) is 2. The van der Waals surface area contributed by atoms with Gasteiger partial charge in [0, 0.05) is 51.7 Å². The number of aryl methyl sites for hydroxylation is 1. The molecule has 22 heavy (non-hydrogen) atoms. The maximum atomic E-state index is 11.9. The first-order chi connectivity index (χ1) is 10.4. The molecule has 1 N–H and O–H groups in total. The number of rotatable bonds is 9. The van der Waals surface area contributed by atoms with Gasteiger partial charge in [-0.05, 0) is 20.8 Å². The number of hydrogen-bond donors (Lipinski definition) is 1. The molecule has 1 heterocycles. The molecule has 0 amide bonds. The van der Waals surface area contributed by atoms with Gasteiger partial charge in [-0.1, -0.05) is 0 Å². The minimum atomic E-state index is -0.331. The van der Waals surface area contributed by atoms with E-state index in [1.165, 1.54) is 6.07 Å². The molecule has 0 radical (unpaired) electrons. The van der Waals surface area contributed by atoms with Crippen LogP contribution in [0.1, 0.15) is 31.3 Å². The van der Waals surface area contributed by atoms with Crippen molar-refractivity contribution in [2.75, 3.05) is 40.5 Å². The fourth-order valence-corrected chi connectivity index (χ4v) is 2.59. The van der Waals surface area contributed by atoms with Crippen molar-refractivity contribution < 1.29 is 14.6 Å². The summed E-state index contributed by atoms with van der Waals surface area (Å²) in [7, 11) is 3.31. The minimum Gasteiger partial charge on any atom is -0.503 e. The zero-order chi connectivity index (χ0) is 16.7. The Kier molecular flexibility index (Phi) is 7.58. The summed E-state index contributed by atoms with van der Waals surface area (Å²) in [5, 5.41) is 10.2. The monoisotopic (exact) mass is 312 g/mol. The Morgan fingerprint density at radius 2 is 1.77 bits per heavy atom. The van der Waals surface area contributed by atoms with Crippen molar-refractivity contribution in [3.8, 4) is 5.75 Å². The fraction of sp³-hybridized carbons (Fsp3) is 0.688. The third-order valence-electron chi connectivity index (χ3n) is 3.63. The fourth-order valence-electron chi connectivity index (χ4n) is 2.59. The highest BCUT2D eigenvalue weighted by Crippen LogP contribution is 2.21. The minimum absolute atomic E-state index is 0.160. The summed E-state index contributed by atoms with van der Waals surface area (Å²) < 4.78 is 12.3. The maximum absolute atomic E-state index is 11.9. The van der Waals surface area contributed by atoms with E-state index in [4.69, 9.17) is 9.47 Å². The molecule has 6 heteroatoms. The lowest BCUT2D eigenvalue weighted by molar-refractivity contribution is 0.108. The topological polar surface area (TPSA) is 63.9 Å². The molecule has 1 rings (SSSR count). The Morgan fingerprint density at radius 1 is 1.23 bits per heavy atom. The largest absolute Gasteiger partial charge is 0.503 e. The average molecular weight is 312 g/mol. The molecule has 0 aliphatic heterocycles. The Bertz CT molecular complexity index is 518. The molecule has 0 aromatic carbocycles. The van der Waals surface area contributed by atoms with Crippen molar-refractivity contribution >= 4 is 0 Å². The van der Waals surface area contributed by atoms with Crippen LogP contribution in [0.5, 0.6) is 5.75 Å². The van der Waals surface area contributed by atoms with E-state index >= 15 is 0 Å². The normalized spacial score (nSPS) is 11.6. The molecule has 0 bridgehead atoms. The van der Waals surface area contributed by atoms with E-state index in [-0.39, 0.29) is 17.2 Å². The summed E-state index contributed by atoms with van der Waals surface area (Å²) in [4.78, 5) is 14.0. The van der Waals surface area contributed by atoms with Gasteiger partial charge in [-0.2, -0.15) is 0 Å². The van der Waals surface area contributed by atoms with E-state index in [2.05, 4.69) is 4.90 Å². The highest BCUT2D eigenvalue weighted by atomic mass is 16.5. The second-order valence-electron chi connectivity index (χ2n) is 5.67. The predicted octanol–water partition coefficient (Wildman–Crippen LogP) is 1.54. The van der Waals surface area contributed by atoms with Crippen molar-refractivity contribution in [3.63, 3.8) is 0 Å². The Morgan fingerprint density at radius 3 is 2.23 bits per heavy atom. The standard InChI is InChI=1S/C16H28N2O4/c1-12(2)18-13(3)10-15(19)16(20)14(18)11-17(6-8-21-4)7-9-22-5/h10,12,20H,6-9,11H2,1-5H3. The quantitative estimate of drug-likeness (QED) is 0.749. The van der Waals surface area contributed by atoms with Crippen LogP contribution in [-0.2, 0) is 16.0 Å². The maximum Gasteiger partial charge on any atom is 0.223 e. The van der Waals surface area contributed by atoms with E-state index in [0.29, 0.717) is 38.5 Å². The van der Waals surface area contributed by atoms with Gasteiger partial charge in [-0.15, -0.1) is 0 Å². The van der Waals surface area contributed by atoms with Gasteiger partial charge in [-0.3, -0.25) is 9.69 Å². The number of aromatic hydroxyl groups is 1.